The highest BCUT2D eigenvalue weighted by Crippen LogP contribution is 2.29. The number of fused-ring (bicyclic) bond motifs is 1. The summed E-state index contributed by atoms with van der Waals surface area (Å²) in [5.41, 5.74) is 1.35. The first-order valence-corrected chi connectivity index (χ1v) is 12.8. The maximum absolute atomic E-state index is 12.9. The van der Waals surface area contributed by atoms with Gasteiger partial charge in [-0.1, -0.05) is 52.0 Å². The minimum Gasteiger partial charge on any atom is -0.508 e. The first kappa shape index (κ1) is 29.0. The molecule has 1 aliphatic rings. The van der Waals surface area contributed by atoms with E-state index in [2.05, 4.69) is 24.5 Å². The van der Waals surface area contributed by atoms with E-state index in [1.165, 1.54) is 24.3 Å². The summed E-state index contributed by atoms with van der Waals surface area (Å²) in [4.78, 5) is 4.76. The van der Waals surface area contributed by atoms with Crippen molar-refractivity contribution in [1.82, 2.24) is 14.5 Å². The SMILES string of the molecule is CC.CC(C)C1Cn2c(=N)/c(=C(\NCc3ccc(C(F)(F)F)cc3)Nc3ccc(O)cc3)c(=S)n(C)c2=N1. The van der Waals surface area contributed by atoms with Crippen LogP contribution >= 0.6 is 12.2 Å². The zero-order chi connectivity index (χ0) is 28.2. The number of phenols is 1. The van der Waals surface area contributed by atoms with Gasteiger partial charge in [0.15, 0.2) is 0 Å². The van der Waals surface area contributed by atoms with Gasteiger partial charge in [-0.25, -0.2) is 4.99 Å². The van der Waals surface area contributed by atoms with Crippen molar-refractivity contribution >= 4 is 23.7 Å². The minimum absolute atomic E-state index is 0.0264. The number of phenolic OH excluding ortho intramolecular Hbond substituents is 1. The molecule has 1 unspecified atom stereocenters. The Labute approximate surface area is 224 Å². The summed E-state index contributed by atoms with van der Waals surface area (Å²) in [6.45, 7) is 8.90. The van der Waals surface area contributed by atoms with Crippen molar-refractivity contribution in [2.24, 2.45) is 18.0 Å². The Morgan fingerprint density at radius 3 is 2.29 bits per heavy atom. The van der Waals surface area contributed by atoms with Crippen molar-refractivity contribution < 1.29 is 18.3 Å². The van der Waals surface area contributed by atoms with Gasteiger partial charge in [0, 0.05) is 19.3 Å². The Kier molecular flexibility index (Phi) is 9.03. The number of rotatable bonds is 6. The van der Waals surface area contributed by atoms with Crippen LogP contribution in [0.3, 0.4) is 0 Å². The maximum Gasteiger partial charge on any atom is 0.416 e. The van der Waals surface area contributed by atoms with E-state index >= 15 is 0 Å². The lowest BCUT2D eigenvalue weighted by atomic mass is 10.1. The van der Waals surface area contributed by atoms with E-state index in [0.29, 0.717) is 39.1 Å². The van der Waals surface area contributed by atoms with Crippen molar-refractivity contribution in [3.05, 3.63) is 80.6 Å². The Morgan fingerprint density at radius 1 is 1.13 bits per heavy atom. The van der Waals surface area contributed by atoms with Crippen LogP contribution in [0, 0.1) is 16.0 Å². The highest BCUT2D eigenvalue weighted by Gasteiger charge is 2.30. The number of aromatic nitrogens is 2. The maximum atomic E-state index is 12.9. The van der Waals surface area contributed by atoms with E-state index in [1.54, 1.807) is 23.7 Å². The molecule has 204 valence electrons. The van der Waals surface area contributed by atoms with E-state index < -0.39 is 11.7 Å². The quantitative estimate of drug-likeness (QED) is 0.272. The van der Waals surface area contributed by atoms with Gasteiger partial charge in [0.2, 0.25) is 5.62 Å². The Bertz CT molecular complexity index is 1510. The topological polar surface area (TPSA) is 90.4 Å². The van der Waals surface area contributed by atoms with Crippen LogP contribution in [0.25, 0.3) is 5.82 Å². The summed E-state index contributed by atoms with van der Waals surface area (Å²) < 4.78 is 42.8. The molecule has 1 aromatic heterocycles. The fourth-order valence-electron chi connectivity index (χ4n) is 3.95. The van der Waals surface area contributed by atoms with Crippen molar-refractivity contribution in [2.75, 3.05) is 5.32 Å². The second-order valence-corrected chi connectivity index (χ2v) is 9.42. The molecule has 0 aliphatic carbocycles. The standard InChI is InChI=1S/C25H27F3N6OS.C2H6/c1-14(2)19-13-34-21(29)20(23(36)33(3)24(34)32-19)22(31-17-8-10-18(35)11-9-17)30-12-15-4-6-16(7-5-15)25(26,27)28;1-2/h4-11,14,19,29-31,35H,12-13H2,1-3H3;1-2H3/b22-20-,29-21?;. The van der Waals surface area contributed by atoms with Crippen molar-refractivity contribution in [1.29, 1.82) is 5.41 Å². The molecule has 11 heteroatoms. The van der Waals surface area contributed by atoms with Crippen LogP contribution in [-0.4, -0.2) is 20.3 Å². The molecule has 3 aromatic rings. The number of hydrogen-bond acceptors (Lipinski definition) is 6. The summed E-state index contributed by atoms with van der Waals surface area (Å²) in [5.74, 6) is 0.818. The average Bonchev–Trinajstić information content (AvgIpc) is 3.35. The zero-order valence-electron chi connectivity index (χ0n) is 22.0. The number of nitrogens with one attached hydrogen (secondary N) is 3. The predicted molar refractivity (Wildman–Crippen MR) is 144 cm³/mol. The lowest BCUT2D eigenvalue weighted by Gasteiger charge is -2.16. The van der Waals surface area contributed by atoms with Crippen molar-refractivity contribution in [2.45, 2.75) is 53.0 Å². The molecule has 2 heterocycles. The number of anilines is 1. The Balaban J connectivity index is 0.00000195. The van der Waals surface area contributed by atoms with Gasteiger partial charge in [-0.15, -0.1) is 0 Å². The molecular weight excluding hydrogens is 513 g/mol. The predicted octanol–water partition coefficient (Wildman–Crippen LogP) is 4.41. The van der Waals surface area contributed by atoms with E-state index in [9.17, 15) is 18.3 Å². The number of benzene rings is 2. The second kappa shape index (κ2) is 11.8. The van der Waals surface area contributed by atoms with Gasteiger partial charge in [-0.3, -0.25) is 9.98 Å². The van der Waals surface area contributed by atoms with Gasteiger partial charge in [-0.2, -0.15) is 13.2 Å². The molecule has 1 aliphatic heterocycles. The van der Waals surface area contributed by atoms with Crippen LogP contribution in [0.2, 0.25) is 0 Å². The summed E-state index contributed by atoms with van der Waals surface area (Å²) in [6.07, 6.45) is -4.41. The number of aromatic hydroxyl groups is 1. The number of halogens is 3. The molecule has 0 spiro atoms. The van der Waals surface area contributed by atoms with Gasteiger partial charge >= 0.3 is 6.18 Å². The van der Waals surface area contributed by atoms with Crippen LogP contribution < -0.4 is 27.0 Å². The van der Waals surface area contributed by atoms with Gasteiger partial charge in [0.25, 0.3) is 0 Å². The molecule has 0 saturated heterocycles. The van der Waals surface area contributed by atoms with Crippen molar-refractivity contribution in [3.63, 3.8) is 0 Å². The normalized spacial score (nSPS) is 15.2. The second-order valence-electron chi connectivity index (χ2n) is 9.03. The third-order valence-electron chi connectivity index (χ3n) is 6.12. The molecule has 4 N–H and O–H groups in total. The first-order chi connectivity index (χ1) is 18.0. The molecule has 2 aromatic carbocycles. The molecule has 0 radical (unpaired) electrons. The van der Waals surface area contributed by atoms with Crippen LogP contribution in [0.15, 0.2) is 53.5 Å². The summed E-state index contributed by atoms with van der Waals surface area (Å²) >= 11 is 5.73. The average molecular weight is 547 g/mol. The molecule has 0 fully saturated rings. The van der Waals surface area contributed by atoms with Gasteiger partial charge in [-0.05, 0) is 47.9 Å². The van der Waals surface area contributed by atoms with Crippen LogP contribution in [0.5, 0.6) is 5.75 Å². The van der Waals surface area contributed by atoms with E-state index in [0.717, 1.165) is 12.1 Å². The first-order valence-electron chi connectivity index (χ1n) is 12.4. The highest BCUT2D eigenvalue weighted by atomic mass is 32.1. The molecule has 7 nitrogen and oxygen atoms in total. The molecule has 0 bridgehead atoms. The molecule has 0 saturated carbocycles. The minimum atomic E-state index is -4.41. The number of alkyl halides is 3. The highest BCUT2D eigenvalue weighted by molar-refractivity contribution is 7.71. The zero-order valence-corrected chi connectivity index (χ0v) is 22.8. The summed E-state index contributed by atoms with van der Waals surface area (Å²) in [6, 6.07) is 11.3. The third kappa shape index (κ3) is 6.27. The molecule has 1 atom stereocenters. The molecular formula is C27H33F3N6OS. The van der Waals surface area contributed by atoms with Crippen LogP contribution in [0.4, 0.5) is 18.9 Å². The molecule has 38 heavy (non-hydrogen) atoms. The van der Waals surface area contributed by atoms with Gasteiger partial charge < -0.3 is 20.3 Å². The monoisotopic (exact) mass is 546 g/mol. The van der Waals surface area contributed by atoms with Crippen LogP contribution in [0.1, 0.15) is 38.8 Å². The van der Waals surface area contributed by atoms with Crippen molar-refractivity contribution in [3.8, 4) is 5.75 Å². The molecule has 4 rings (SSSR count). The van der Waals surface area contributed by atoms with Gasteiger partial charge in [0.1, 0.15) is 21.7 Å². The van der Waals surface area contributed by atoms with E-state index in [-0.39, 0.29) is 29.7 Å². The number of hydrogen-bond donors (Lipinski definition) is 4. The largest absolute Gasteiger partial charge is 0.508 e. The summed E-state index contributed by atoms with van der Waals surface area (Å²) in [5, 5.41) is 25.5. The molecule has 0 amide bonds. The number of nitrogens with zero attached hydrogens (tertiary/aromatic N) is 3. The lowest BCUT2D eigenvalue weighted by Crippen LogP contribution is -2.49. The Morgan fingerprint density at radius 2 is 1.74 bits per heavy atom. The van der Waals surface area contributed by atoms with E-state index in [4.69, 9.17) is 22.6 Å². The van der Waals surface area contributed by atoms with E-state index in [1.807, 2.05) is 18.4 Å². The lowest BCUT2D eigenvalue weighted by molar-refractivity contribution is -0.137. The fraction of sp³-hybridized carbons (Fsp3) is 0.370. The third-order valence-corrected chi connectivity index (χ3v) is 6.60. The smallest absolute Gasteiger partial charge is 0.416 e. The fourth-order valence-corrected chi connectivity index (χ4v) is 4.23. The summed E-state index contributed by atoms with van der Waals surface area (Å²) in [7, 11) is 1.80. The van der Waals surface area contributed by atoms with Gasteiger partial charge in [0.05, 0.1) is 23.4 Å². The Hall–Kier alpha value is -3.60. The van der Waals surface area contributed by atoms with Crippen LogP contribution in [-0.2, 0) is 26.3 Å².